The summed E-state index contributed by atoms with van der Waals surface area (Å²) in [5, 5.41) is 13.1. The Morgan fingerprint density at radius 2 is 1.94 bits per heavy atom. The molecular formula is C11H18N4O2. The fraction of sp³-hybridized carbons (Fsp3) is 0.545. The summed E-state index contributed by atoms with van der Waals surface area (Å²) < 4.78 is 0. The van der Waals surface area contributed by atoms with Crippen LogP contribution in [0.5, 0.6) is 0 Å². The molecule has 0 radical (unpaired) electrons. The van der Waals surface area contributed by atoms with Crippen molar-refractivity contribution >= 4 is 11.5 Å². The van der Waals surface area contributed by atoms with Crippen molar-refractivity contribution in [3.63, 3.8) is 0 Å². The second-order valence-corrected chi connectivity index (χ2v) is 3.83. The predicted octanol–water partition coefficient (Wildman–Crippen LogP) is 1.43. The van der Waals surface area contributed by atoms with E-state index in [4.69, 9.17) is 0 Å². The highest BCUT2D eigenvalue weighted by Crippen LogP contribution is 2.20. The highest BCUT2D eigenvalue weighted by atomic mass is 16.6. The van der Waals surface area contributed by atoms with Gasteiger partial charge >= 0.3 is 5.82 Å². The van der Waals surface area contributed by atoms with Crippen LogP contribution in [-0.2, 0) is 0 Å². The Balaban J connectivity index is 0.000000437. The molecule has 0 spiro atoms. The summed E-state index contributed by atoms with van der Waals surface area (Å²) >= 11 is 0. The molecule has 1 fully saturated rings. The number of anilines is 1. The minimum atomic E-state index is -0.478. The normalized spacial score (nSPS) is 14.1. The highest BCUT2D eigenvalue weighted by molar-refractivity contribution is 5.47. The molecule has 1 N–H and O–H groups in total. The number of pyridine rings is 1. The van der Waals surface area contributed by atoms with Gasteiger partial charge in [-0.05, 0) is 42.9 Å². The Kier molecular flexibility index (Phi) is 5.35. The summed E-state index contributed by atoms with van der Waals surface area (Å²) in [4.78, 5) is 15.9. The highest BCUT2D eigenvalue weighted by Gasteiger charge is 2.15. The monoisotopic (exact) mass is 238 g/mol. The van der Waals surface area contributed by atoms with Gasteiger partial charge in [0.05, 0.1) is 5.69 Å². The van der Waals surface area contributed by atoms with Crippen LogP contribution in [0.15, 0.2) is 18.3 Å². The van der Waals surface area contributed by atoms with Crippen molar-refractivity contribution < 1.29 is 4.92 Å². The smallest absolute Gasteiger partial charge is 0.363 e. The van der Waals surface area contributed by atoms with Gasteiger partial charge < -0.3 is 20.3 Å². The zero-order valence-electron chi connectivity index (χ0n) is 10.2. The number of rotatable bonds is 2. The third-order valence-corrected chi connectivity index (χ3v) is 2.39. The first-order valence-electron chi connectivity index (χ1n) is 5.63. The number of aromatic nitrogens is 1. The summed E-state index contributed by atoms with van der Waals surface area (Å²) in [5.41, 5.74) is 0.980. The van der Waals surface area contributed by atoms with Crippen LogP contribution in [0.4, 0.5) is 11.5 Å². The van der Waals surface area contributed by atoms with E-state index in [0.717, 1.165) is 18.8 Å². The van der Waals surface area contributed by atoms with E-state index in [-0.39, 0.29) is 5.82 Å². The van der Waals surface area contributed by atoms with E-state index in [1.54, 1.807) is 12.3 Å². The van der Waals surface area contributed by atoms with Gasteiger partial charge in [-0.15, -0.1) is 0 Å². The third-order valence-electron chi connectivity index (χ3n) is 2.39. The second kappa shape index (κ2) is 6.80. The molecule has 0 unspecified atom stereocenters. The molecule has 1 aliphatic heterocycles. The molecule has 6 nitrogen and oxygen atoms in total. The number of hydrogen-bond acceptors (Lipinski definition) is 5. The molecule has 1 aromatic rings. The van der Waals surface area contributed by atoms with Gasteiger partial charge in [-0.1, -0.05) is 0 Å². The molecule has 6 heteroatoms. The molecule has 1 aromatic heterocycles. The topological polar surface area (TPSA) is 71.3 Å². The maximum absolute atomic E-state index is 10.4. The lowest BCUT2D eigenvalue weighted by molar-refractivity contribution is -0.389. The van der Waals surface area contributed by atoms with E-state index in [1.165, 1.54) is 18.9 Å². The molecular weight excluding hydrogens is 220 g/mol. The van der Waals surface area contributed by atoms with Gasteiger partial charge in [-0.3, -0.25) is 0 Å². The number of nitro groups is 1. The van der Waals surface area contributed by atoms with Crippen molar-refractivity contribution in [2.24, 2.45) is 0 Å². The third kappa shape index (κ3) is 3.99. The second-order valence-electron chi connectivity index (χ2n) is 3.83. The minimum Gasteiger partial charge on any atom is -0.368 e. The molecule has 0 saturated carbocycles. The van der Waals surface area contributed by atoms with Crippen molar-refractivity contribution in [3.8, 4) is 0 Å². The molecule has 94 valence electrons. The van der Waals surface area contributed by atoms with Crippen LogP contribution >= 0.6 is 0 Å². The fourth-order valence-electron chi connectivity index (χ4n) is 1.65. The maximum Gasteiger partial charge on any atom is 0.363 e. The van der Waals surface area contributed by atoms with E-state index < -0.39 is 4.92 Å². The SMILES string of the molecule is CNC.O=[N+]([O-])c1ccc(N2CCCC2)cn1. The zero-order valence-corrected chi connectivity index (χ0v) is 10.2. The maximum atomic E-state index is 10.4. The summed E-state index contributed by atoms with van der Waals surface area (Å²) in [6.07, 6.45) is 3.96. The van der Waals surface area contributed by atoms with Crippen LogP contribution in [0.1, 0.15) is 12.8 Å². The summed E-state index contributed by atoms with van der Waals surface area (Å²) in [5.74, 6) is -0.0899. The van der Waals surface area contributed by atoms with Crippen LogP contribution in [0.25, 0.3) is 0 Å². The van der Waals surface area contributed by atoms with Crippen molar-refractivity contribution in [3.05, 3.63) is 28.4 Å². The molecule has 0 amide bonds. The van der Waals surface area contributed by atoms with Crippen molar-refractivity contribution in [2.75, 3.05) is 32.1 Å². The first-order valence-corrected chi connectivity index (χ1v) is 5.63. The molecule has 0 bridgehead atoms. The van der Waals surface area contributed by atoms with E-state index in [9.17, 15) is 10.1 Å². The van der Waals surface area contributed by atoms with E-state index in [0.29, 0.717) is 0 Å². The van der Waals surface area contributed by atoms with Gasteiger partial charge in [0, 0.05) is 19.2 Å². The first-order chi connectivity index (χ1) is 8.19. The summed E-state index contributed by atoms with van der Waals surface area (Å²) in [7, 11) is 3.75. The van der Waals surface area contributed by atoms with Gasteiger partial charge in [0.1, 0.15) is 0 Å². The largest absolute Gasteiger partial charge is 0.368 e. The van der Waals surface area contributed by atoms with Crippen LogP contribution in [0.3, 0.4) is 0 Å². The van der Waals surface area contributed by atoms with E-state index >= 15 is 0 Å². The van der Waals surface area contributed by atoms with Crippen LogP contribution in [-0.4, -0.2) is 37.1 Å². The average molecular weight is 238 g/mol. The lowest BCUT2D eigenvalue weighted by Crippen LogP contribution is -2.17. The quantitative estimate of drug-likeness (QED) is 0.623. The Bertz CT molecular complexity index is 347. The molecule has 1 saturated heterocycles. The zero-order chi connectivity index (χ0) is 12.7. The molecule has 17 heavy (non-hydrogen) atoms. The minimum absolute atomic E-state index is 0.0899. The van der Waals surface area contributed by atoms with Crippen LogP contribution < -0.4 is 10.2 Å². The average Bonchev–Trinajstić information content (AvgIpc) is 2.83. The van der Waals surface area contributed by atoms with Gasteiger partial charge in [-0.25, -0.2) is 0 Å². The van der Waals surface area contributed by atoms with E-state index in [2.05, 4.69) is 15.2 Å². The van der Waals surface area contributed by atoms with Gasteiger partial charge in [-0.2, -0.15) is 0 Å². The van der Waals surface area contributed by atoms with Crippen molar-refractivity contribution in [2.45, 2.75) is 12.8 Å². The first kappa shape index (κ1) is 13.4. The van der Waals surface area contributed by atoms with E-state index in [1.807, 2.05) is 14.1 Å². The lowest BCUT2D eigenvalue weighted by atomic mass is 10.4. The van der Waals surface area contributed by atoms with Crippen molar-refractivity contribution in [1.82, 2.24) is 10.3 Å². The number of hydrogen-bond donors (Lipinski definition) is 1. The van der Waals surface area contributed by atoms with Gasteiger partial charge in [0.15, 0.2) is 6.20 Å². The standard InChI is InChI=1S/C9H11N3O2.C2H7N/c13-12(14)9-4-3-8(7-10-9)11-5-1-2-6-11;1-3-2/h3-4,7H,1-2,5-6H2;3H,1-2H3. The molecule has 1 aliphatic rings. The summed E-state index contributed by atoms with van der Waals surface area (Å²) in [6.45, 7) is 2.05. The van der Waals surface area contributed by atoms with Gasteiger partial charge in [0.25, 0.3) is 0 Å². The molecule has 2 heterocycles. The number of nitrogens with one attached hydrogen (secondary N) is 1. The van der Waals surface area contributed by atoms with Crippen LogP contribution in [0, 0.1) is 10.1 Å². The lowest BCUT2D eigenvalue weighted by Gasteiger charge is -2.14. The Hall–Kier alpha value is -1.69. The molecule has 2 rings (SSSR count). The fourth-order valence-corrected chi connectivity index (χ4v) is 1.65. The predicted molar refractivity (Wildman–Crippen MR) is 67.3 cm³/mol. The van der Waals surface area contributed by atoms with Crippen molar-refractivity contribution in [1.29, 1.82) is 0 Å². The Morgan fingerprint density at radius 3 is 2.35 bits per heavy atom. The molecule has 0 aromatic carbocycles. The molecule has 0 aliphatic carbocycles. The Labute approximate surface area is 101 Å². The molecule has 0 atom stereocenters. The Morgan fingerprint density at radius 1 is 1.35 bits per heavy atom. The van der Waals surface area contributed by atoms with Crippen LogP contribution in [0.2, 0.25) is 0 Å². The number of nitrogens with zero attached hydrogens (tertiary/aromatic N) is 3. The summed E-state index contributed by atoms with van der Waals surface area (Å²) in [6, 6.07) is 3.21. The van der Waals surface area contributed by atoms with Gasteiger partial charge in [0.2, 0.25) is 0 Å².